The van der Waals surface area contributed by atoms with E-state index in [1.54, 1.807) is 19.1 Å². The Labute approximate surface area is 138 Å². The van der Waals surface area contributed by atoms with Crippen LogP contribution in [0.1, 0.15) is 10.4 Å². The van der Waals surface area contributed by atoms with Gasteiger partial charge < -0.3 is 4.90 Å². The van der Waals surface area contributed by atoms with Crippen LogP contribution in [-0.2, 0) is 6.18 Å². The maximum Gasteiger partial charge on any atom is 0.433 e. The van der Waals surface area contributed by atoms with E-state index in [1.165, 1.54) is 0 Å². The van der Waals surface area contributed by atoms with Crippen molar-refractivity contribution in [2.75, 3.05) is 19.0 Å². The van der Waals surface area contributed by atoms with E-state index in [0.29, 0.717) is 5.69 Å². The van der Waals surface area contributed by atoms with Crippen LogP contribution in [0.25, 0.3) is 0 Å². The van der Waals surface area contributed by atoms with E-state index in [-0.39, 0.29) is 11.5 Å². The minimum absolute atomic E-state index is 0.0199. The molecule has 0 amide bonds. The molecule has 2 rings (SSSR count). The van der Waals surface area contributed by atoms with Crippen molar-refractivity contribution in [3.05, 3.63) is 38.8 Å². The van der Waals surface area contributed by atoms with E-state index in [4.69, 9.17) is 0 Å². The van der Waals surface area contributed by atoms with Crippen molar-refractivity contribution in [3.8, 4) is 0 Å². The Balaban J connectivity index is 2.40. The van der Waals surface area contributed by atoms with Gasteiger partial charge in [0.15, 0.2) is 0 Å². The van der Waals surface area contributed by atoms with Gasteiger partial charge in [0.1, 0.15) is 0 Å². The molecule has 0 aliphatic heterocycles. The molecule has 11 heteroatoms. The van der Waals surface area contributed by atoms with Crippen molar-refractivity contribution in [1.82, 2.24) is 4.37 Å². The maximum absolute atomic E-state index is 12.8. The number of benzene rings is 1. The lowest BCUT2D eigenvalue weighted by Crippen LogP contribution is -2.08. The molecular formula is C13H12F3N5O2S. The van der Waals surface area contributed by atoms with Crippen LogP contribution in [0, 0.1) is 17.0 Å². The predicted molar refractivity (Wildman–Crippen MR) is 83.5 cm³/mol. The van der Waals surface area contributed by atoms with Crippen LogP contribution in [0.15, 0.2) is 28.4 Å². The molecule has 0 radical (unpaired) electrons. The molecule has 0 saturated carbocycles. The quantitative estimate of drug-likeness (QED) is 0.443. The van der Waals surface area contributed by atoms with Crippen LogP contribution in [0.5, 0.6) is 0 Å². The first kappa shape index (κ1) is 17.8. The summed E-state index contributed by atoms with van der Waals surface area (Å²) in [5.74, 6) is -0.659. The average molecular weight is 359 g/mol. The molecule has 0 saturated heterocycles. The number of nitrogens with zero attached hydrogens (tertiary/aromatic N) is 5. The van der Waals surface area contributed by atoms with Crippen molar-refractivity contribution in [2.45, 2.75) is 13.1 Å². The van der Waals surface area contributed by atoms with Crippen LogP contribution in [0.3, 0.4) is 0 Å². The van der Waals surface area contributed by atoms with Crippen LogP contribution in [0.2, 0.25) is 0 Å². The van der Waals surface area contributed by atoms with Gasteiger partial charge in [-0.2, -0.15) is 17.5 Å². The van der Waals surface area contributed by atoms with E-state index in [1.807, 2.05) is 25.1 Å². The monoisotopic (exact) mass is 359 g/mol. The van der Waals surface area contributed by atoms with Gasteiger partial charge in [0.2, 0.25) is 4.88 Å². The van der Waals surface area contributed by atoms with E-state index in [0.717, 1.165) is 11.3 Å². The molecule has 2 aromatic rings. The normalized spacial score (nSPS) is 11.9. The maximum atomic E-state index is 12.8. The third kappa shape index (κ3) is 3.67. The lowest BCUT2D eigenvalue weighted by molar-refractivity contribution is -0.386. The minimum Gasteiger partial charge on any atom is -0.378 e. The molecule has 0 atom stereocenters. The van der Waals surface area contributed by atoms with Gasteiger partial charge in [-0.1, -0.05) is 0 Å². The van der Waals surface area contributed by atoms with Crippen molar-refractivity contribution in [1.29, 1.82) is 0 Å². The number of anilines is 1. The fraction of sp³-hybridized carbons (Fsp3) is 0.308. The molecule has 0 unspecified atom stereocenters. The number of nitro groups is 1. The molecule has 1 aromatic heterocycles. The molecule has 1 heterocycles. The summed E-state index contributed by atoms with van der Waals surface area (Å²) >= 11 is -0.0199. The number of rotatable bonds is 4. The van der Waals surface area contributed by atoms with Crippen LogP contribution in [-0.4, -0.2) is 23.4 Å². The summed E-state index contributed by atoms with van der Waals surface area (Å²) < 4.78 is 41.7. The fourth-order valence-corrected chi connectivity index (χ4v) is 2.48. The Kier molecular flexibility index (Phi) is 4.83. The standard InChI is InChI=1S/C13H12F3N5O2S/c1-7-6-8(20(2)3)4-5-9(7)17-18-12-10(21(22)23)11(24-19-12)13(14,15)16/h4-6H,1-3H3. The Hall–Kier alpha value is -2.56. The number of azo groups is 1. The highest BCUT2D eigenvalue weighted by Crippen LogP contribution is 2.44. The highest BCUT2D eigenvalue weighted by atomic mass is 32.1. The predicted octanol–water partition coefficient (Wildman–Crippen LogP) is 4.86. The van der Waals surface area contributed by atoms with Gasteiger partial charge in [-0.3, -0.25) is 10.1 Å². The molecule has 0 N–H and O–H groups in total. The van der Waals surface area contributed by atoms with Gasteiger partial charge in [-0.15, -0.1) is 10.2 Å². The molecule has 1 aromatic carbocycles. The zero-order valence-corrected chi connectivity index (χ0v) is 13.6. The van der Waals surface area contributed by atoms with Crippen LogP contribution < -0.4 is 4.90 Å². The van der Waals surface area contributed by atoms with E-state index in [9.17, 15) is 23.3 Å². The second-order valence-corrected chi connectivity index (χ2v) is 5.78. The van der Waals surface area contributed by atoms with Gasteiger partial charge in [-0.25, -0.2) is 0 Å². The number of aromatic nitrogens is 1. The molecule has 0 aliphatic carbocycles. The highest BCUT2D eigenvalue weighted by Gasteiger charge is 2.43. The number of halogens is 3. The Morgan fingerprint density at radius 1 is 1.29 bits per heavy atom. The molecular weight excluding hydrogens is 347 g/mol. The van der Waals surface area contributed by atoms with Crippen molar-refractivity contribution in [2.24, 2.45) is 10.2 Å². The minimum atomic E-state index is -4.86. The Morgan fingerprint density at radius 3 is 2.46 bits per heavy atom. The molecule has 7 nitrogen and oxygen atoms in total. The second kappa shape index (κ2) is 6.51. The summed E-state index contributed by atoms with van der Waals surface area (Å²) in [6.45, 7) is 1.75. The lowest BCUT2D eigenvalue weighted by Gasteiger charge is -2.13. The number of alkyl halides is 3. The molecule has 128 valence electrons. The van der Waals surface area contributed by atoms with Crippen molar-refractivity contribution < 1.29 is 18.1 Å². The van der Waals surface area contributed by atoms with Gasteiger partial charge >= 0.3 is 11.9 Å². The average Bonchev–Trinajstić information content (AvgIpc) is 2.90. The number of hydrogen-bond acceptors (Lipinski definition) is 7. The summed E-state index contributed by atoms with van der Waals surface area (Å²) in [5, 5.41) is 18.2. The Morgan fingerprint density at radius 2 is 1.96 bits per heavy atom. The number of hydrogen-bond donors (Lipinski definition) is 0. The second-order valence-electron chi connectivity index (χ2n) is 5.00. The van der Waals surface area contributed by atoms with E-state index in [2.05, 4.69) is 14.6 Å². The van der Waals surface area contributed by atoms with Crippen LogP contribution >= 0.6 is 11.5 Å². The fourth-order valence-electron chi connectivity index (χ4n) is 1.82. The third-order valence-electron chi connectivity index (χ3n) is 3.04. The first-order valence-corrected chi connectivity index (χ1v) is 7.29. The molecule has 0 fully saturated rings. The first-order valence-electron chi connectivity index (χ1n) is 6.52. The van der Waals surface area contributed by atoms with E-state index < -0.39 is 27.5 Å². The Bertz CT molecular complexity index is 801. The molecule has 0 bridgehead atoms. The smallest absolute Gasteiger partial charge is 0.378 e. The third-order valence-corrected chi connectivity index (χ3v) is 3.91. The molecule has 24 heavy (non-hydrogen) atoms. The summed E-state index contributed by atoms with van der Waals surface area (Å²) in [7, 11) is 3.71. The summed E-state index contributed by atoms with van der Waals surface area (Å²) in [6.07, 6.45) is -4.86. The SMILES string of the molecule is Cc1cc(N(C)C)ccc1N=Nc1nsc(C(F)(F)F)c1[N+](=O)[O-]. The topological polar surface area (TPSA) is 84.0 Å². The summed E-state index contributed by atoms with van der Waals surface area (Å²) in [4.78, 5) is 10.2. The first-order chi connectivity index (χ1) is 11.1. The zero-order chi connectivity index (χ0) is 18.1. The highest BCUT2D eigenvalue weighted by molar-refractivity contribution is 7.06. The van der Waals surface area contributed by atoms with Gasteiger partial charge in [-0.05, 0) is 42.2 Å². The van der Waals surface area contributed by atoms with Crippen molar-refractivity contribution >= 4 is 34.4 Å². The summed E-state index contributed by atoms with van der Waals surface area (Å²) in [6, 6.07) is 5.18. The lowest BCUT2D eigenvalue weighted by atomic mass is 10.2. The van der Waals surface area contributed by atoms with E-state index >= 15 is 0 Å². The summed E-state index contributed by atoms with van der Waals surface area (Å²) in [5.41, 5.74) is 0.833. The van der Waals surface area contributed by atoms with Gasteiger partial charge in [0, 0.05) is 19.8 Å². The van der Waals surface area contributed by atoms with Crippen LogP contribution in [0.4, 0.5) is 36.1 Å². The van der Waals surface area contributed by atoms with Gasteiger partial charge in [0.25, 0.3) is 5.82 Å². The van der Waals surface area contributed by atoms with Gasteiger partial charge in [0.05, 0.1) is 10.6 Å². The number of aryl methyl sites for hydroxylation is 1. The zero-order valence-electron chi connectivity index (χ0n) is 12.8. The molecule has 0 spiro atoms. The largest absolute Gasteiger partial charge is 0.433 e. The van der Waals surface area contributed by atoms with Crippen molar-refractivity contribution in [3.63, 3.8) is 0 Å². The molecule has 0 aliphatic rings.